The molecule has 1 aromatic carbocycles. The minimum Gasteiger partial charge on any atom is -0.369 e. The normalized spacial score (nSPS) is 11.3. The first-order valence-electron chi connectivity index (χ1n) is 9.81. The first-order chi connectivity index (χ1) is 14.7. The first kappa shape index (κ1) is 20.1. The van der Waals surface area contributed by atoms with Gasteiger partial charge in [-0.25, -0.2) is 14.6 Å². The Bertz CT molecular complexity index is 1170. The number of anilines is 1. The maximum absolute atomic E-state index is 12.4. The second-order valence-corrected chi connectivity index (χ2v) is 7.52. The van der Waals surface area contributed by atoms with Crippen molar-refractivity contribution >= 4 is 45.5 Å². The van der Waals surface area contributed by atoms with E-state index >= 15 is 0 Å². The van der Waals surface area contributed by atoms with Crippen LogP contribution in [0.3, 0.4) is 0 Å². The summed E-state index contributed by atoms with van der Waals surface area (Å²) in [6.07, 6.45) is 4.88. The Balaban J connectivity index is 1.41. The van der Waals surface area contributed by atoms with Crippen LogP contribution in [0.1, 0.15) is 19.0 Å². The summed E-state index contributed by atoms with van der Waals surface area (Å²) in [6, 6.07) is 7.51. The number of amides is 1. The third-order valence-electron chi connectivity index (χ3n) is 4.63. The molecule has 0 atom stereocenters. The van der Waals surface area contributed by atoms with E-state index in [1.165, 1.54) is 11.8 Å². The highest BCUT2D eigenvalue weighted by Gasteiger charge is 2.14. The van der Waals surface area contributed by atoms with E-state index in [4.69, 9.17) is 4.52 Å². The summed E-state index contributed by atoms with van der Waals surface area (Å²) < 4.78 is 7.05. The lowest BCUT2D eigenvalue weighted by molar-refractivity contribution is -0.120. The molecule has 3 aromatic heterocycles. The first-order valence-corrected chi connectivity index (χ1v) is 11.0. The Labute approximate surface area is 177 Å². The number of carbonyl (C=O) groups excluding carboxylic acids is 1. The maximum Gasteiger partial charge on any atom is 0.226 e. The summed E-state index contributed by atoms with van der Waals surface area (Å²) in [5, 5.41) is 17.1. The third-order valence-corrected chi connectivity index (χ3v) is 5.17. The Morgan fingerprint density at radius 1 is 1.20 bits per heavy atom. The van der Waals surface area contributed by atoms with E-state index in [1.54, 1.807) is 10.9 Å². The highest BCUT2D eigenvalue weighted by Crippen LogP contribution is 2.23. The highest BCUT2D eigenvalue weighted by atomic mass is 32.2. The quantitative estimate of drug-likeness (QED) is 0.311. The van der Waals surface area contributed by atoms with Crippen LogP contribution in [0.15, 0.2) is 40.1 Å². The lowest BCUT2D eigenvalue weighted by Gasteiger charge is -2.08. The van der Waals surface area contributed by atoms with Gasteiger partial charge in [0.25, 0.3) is 0 Å². The number of hydrogen-bond acceptors (Lipinski definition) is 8. The van der Waals surface area contributed by atoms with Crippen LogP contribution in [0.2, 0.25) is 0 Å². The molecule has 0 aliphatic rings. The van der Waals surface area contributed by atoms with Crippen molar-refractivity contribution in [3.8, 4) is 0 Å². The van der Waals surface area contributed by atoms with Crippen molar-refractivity contribution < 1.29 is 9.32 Å². The van der Waals surface area contributed by atoms with Crippen molar-refractivity contribution in [3.63, 3.8) is 0 Å². The number of rotatable bonds is 9. The molecule has 0 bridgehead atoms. The molecule has 0 unspecified atom stereocenters. The van der Waals surface area contributed by atoms with Crippen LogP contribution in [0, 0.1) is 0 Å². The van der Waals surface area contributed by atoms with E-state index in [-0.39, 0.29) is 12.3 Å². The van der Waals surface area contributed by atoms with Crippen LogP contribution in [-0.4, -0.2) is 50.2 Å². The van der Waals surface area contributed by atoms with Crippen LogP contribution in [0.4, 0.5) is 5.82 Å². The molecule has 30 heavy (non-hydrogen) atoms. The number of nitrogens with one attached hydrogen (secondary N) is 2. The molecular formula is C20H23N7O2S. The molecule has 2 N–H and O–H groups in total. The van der Waals surface area contributed by atoms with Crippen LogP contribution < -0.4 is 10.6 Å². The molecule has 4 aromatic rings. The van der Waals surface area contributed by atoms with Gasteiger partial charge in [-0.15, -0.1) is 0 Å². The van der Waals surface area contributed by atoms with E-state index in [2.05, 4.69) is 37.8 Å². The fourth-order valence-corrected chi connectivity index (χ4v) is 3.51. The van der Waals surface area contributed by atoms with Gasteiger partial charge >= 0.3 is 0 Å². The summed E-state index contributed by atoms with van der Waals surface area (Å²) in [5.74, 6) is 0.676. The smallest absolute Gasteiger partial charge is 0.226 e. The van der Waals surface area contributed by atoms with Crippen LogP contribution in [0.25, 0.3) is 22.0 Å². The molecule has 0 radical (unpaired) electrons. The topological polar surface area (TPSA) is 111 Å². The fourth-order valence-electron chi connectivity index (χ4n) is 3.15. The molecule has 0 fully saturated rings. The largest absolute Gasteiger partial charge is 0.369 e. The molecule has 1 amide bonds. The van der Waals surface area contributed by atoms with E-state index in [9.17, 15) is 4.79 Å². The van der Waals surface area contributed by atoms with Gasteiger partial charge in [-0.05, 0) is 24.8 Å². The maximum atomic E-state index is 12.4. The molecule has 0 saturated carbocycles. The molecule has 9 nitrogen and oxygen atoms in total. The van der Waals surface area contributed by atoms with Crippen molar-refractivity contribution in [1.82, 2.24) is 30.2 Å². The SMILES string of the molecule is CCCNc1nc(SC)nc2c1cnn2CCNC(=O)Cc1noc2ccccc12. The average Bonchev–Trinajstić information content (AvgIpc) is 3.36. The number of aromatic nitrogens is 5. The summed E-state index contributed by atoms with van der Waals surface area (Å²) in [5.41, 5.74) is 2.07. The Morgan fingerprint density at radius 2 is 2.07 bits per heavy atom. The zero-order valence-electron chi connectivity index (χ0n) is 16.9. The van der Waals surface area contributed by atoms with Crippen molar-refractivity contribution in [2.24, 2.45) is 0 Å². The van der Waals surface area contributed by atoms with Gasteiger partial charge < -0.3 is 15.2 Å². The Kier molecular flexibility index (Phi) is 6.12. The zero-order valence-corrected chi connectivity index (χ0v) is 17.7. The molecule has 0 spiro atoms. The molecule has 10 heteroatoms. The minimum atomic E-state index is -0.116. The van der Waals surface area contributed by atoms with Gasteiger partial charge in [0.2, 0.25) is 5.91 Å². The summed E-state index contributed by atoms with van der Waals surface area (Å²) in [6.45, 7) is 3.88. The van der Waals surface area contributed by atoms with Crippen LogP contribution in [-0.2, 0) is 17.8 Å². The van der Waals surface area contributed by atoms with Gasteiger partial charge in [-0.3, -0.25) is 4.79 Å². The Hall–Kier alpha value is -3.14. The predicted octanol–water partition coefficient (Wildman–Crippen LogP) is 2.87. The van der Waals surface area contributed by atoms with Crippen molar-refractivity contribution in [3.05, 3.63) is 36.2 Å². The lowest BCUT2D eigenvalue weighted by atomic mass is 10.1. The fraction of sp³-hybridized carbons (Fsp3) is 0.350. The van der Waals surface area contributed by atoms with Gasteiger partial charge in [-0.1, -0.05) is 36.0 Å². The van der Waals surface area contributed by atoms with E-state index in [0.717, 1.165) is 35.2 Å². The second-order valence-electron chi connectivity index (χ2n) is 6.74. The number of thioether (sulfide) groups is 1. The molecule has 0 aliphatic heterocycles. The van der Waals surface area contributed by atoms with Gasteiger partial charge in [0.15, 0.2) is 16.4 Å². The molecule has 0 saturated heterocycles. The van der Waals surface area contributed by atoms with Crippen molar-refractivity contribution in [2.75, 3.05) is 24.7 Å². The molecule has 4 rings (SSSR count). The lowest BCUT2D eigenvalue weighted by Crippen LogP contribution is -2.29. The number of carbonyl (C=O) groups is 1. The number of benzene rings is 1. The van der Waals surface area contributed by atoms with Crippen molar-refractivity contribution in [2.45, 2.75) is 31.5 Å². The van der Waals surface area contributed by atoms with E-state index in [1.807, 2.05) is 30.5 Å². The molecular weight excluding hydrogens is 402 g/mol. The minimum absolute atomic E-state index is 0.116. The number of para-hydroxylation sites is 1. The predicted molar refractivity (Wildman–Crippen MR) is 117 cm³/mol. The number of nitrogens with zero attached hydrogens (tertiary/aromatic N) is 5. The standard InChI is InChI=1S/C20H23N7O2S/c1-3-8-22-18-14-12-23-27(19(14)25-20(24-18)30-2)10-9-21-17(28)11-15-13-6-4-5-7-16(13)29-26-15/h4-7,12H,3,8-11H2,1-2H3,(H,21,28)(H,22,24,25). The summed E-state index contributed by atoms with van der Waals surface area (Å²) in [4.78, 5) is 21.5. The van der Waals surface area contributed by atoms with Gasteiger partial charge in [0.05, 0.1) is 24.5 Å². The van der Waals surface area contributed by atoms with Gasteiger partial charge in [0, 0.05) is 18.5 Å². The monoisotopic (exact) mass is 425 g/mol. The van der Waals surface area contributed by atoms with Gasteiger partial charge in [-0.2, -0.15) is 5.10 Å². The van der Waals surface area contributed by atoms with Crippen molar-refractivity contribution in [1.29, 1.82) is 0 Å². The van der Waals surface area contributed by atoms with Crippen LogP contribution in [0.5, 0.6) is 0 Å². The summed E-state index contributed by atoms with van der Waals surface area (Å²) >= 11 is 1.49. The summed E-state index contributed by atoms with van der Waals surface area (Å²) in [7, 11) is 0. The van der Waals surface area contributed by atoms with Crippen LogP contribution >= 0.6 is 11.8 Å². The third kappa shape index (κ3) is 4.23. The number of fused-ring (bicyclic) bond motifs is 2. The van der Waals surface area contributed by atoms with E-state index in [0.29, 0.717) is 29.5 Å². The molecule has 0 aliphatic carbocycles. The number of hydrogen-bond donors (Lipinski definition) is 2. The average molecular weight is 426 g/mol. The molecule has 3 heterocycles. The van der Waals surface area contributed by atoms with Gasteiger partial charge in [0.1, 0.15) is 11.5 Å². The zero-order chi connectivity index (χ0) is 20.9. The highest BCUT2D eigenvalue weighted by molar-refractivity contribution is 7.98. The molecule has 156 valence electrons. The second kappa shape index (κ2) is 9.12. The van der Waals surface area contributed by atoms with E-state index < -0.39 is 0 Å². The Morgan fingerprint density at radius 3 is 2.90 bits per heavy atom.